The number of nitrogens with two attached hydrogens (primary N) is 2. The van der Waals surface area contributed by atoms with E-state index in [0.29, 0.717) is 11.3 Å². The number of primary amides is 1. The molecule has 1 rings (SSSR count). The Morgan fingerprint density at radius 3 is 1.92 bits per heavy atom. The Morgan fingerprint density at radius 1 is 0.865 bits per heavy atom. The van der Waals surface area contributed by atoms with Crippen molar-refractivity contribution in [3.05, 3.63) is 29.8 Å². The van der Waals surface area contributed by atoms with Gasteiger partial charge in [0.05, 0.1) is 18.9 Å². The third kappa shape index (κ3) is 11.6. The molecule has 37 heavy (non-hydrogen) atoms. The van der Waals surface area contributed by atoms with Crippen LogP contribution in [0, 0.1) is 0 Å². The number of phenols is 1. The molecule has 4 atom stereocenters. The van der Waals surface area contributed by atoms with Crippen molar-refractivity contribution in [2.75, 3.05) is 12.0 Å². The molecular formula is C22H31N5O9S. The molecular weight excluding hydrogens is 510 g/mol. The van der Waals surface area contributed by atoms with Gasteiger partial charge >= 0.3 is 11.9 Å². The van der Waals surface area contributed by atoms with Crippen LogP contribution in [0.15, 0.2) is 24.3 Å². The van der Waals surface area contributed by atoms with Gasteiger partial charge in [-0.25, -0.2) is 4.79 Å². The molecule has 0 saturated heterocycles. The van der Waals surface area contributed by atoms with Crippen molar-refractivity contribution in [3.63, 3.8) is 0 Å². The second-order valence-corrected chi connectivity index (χ2v) is 9.03. The Bertz CT molecular complexity index is 989. The topological polar surface area (TPSA) is 251 Å². The second-order valence-electron chi connectivity index (χ2n) is 8.05. The molecule has 0 bridgehead atoms. The van der Waals surface area contributed by atoms with Gasteiger partial charge in [0.1, 0.15) is 23.9 Å². The summed E-state index contributed by atoms with van der Waals surface area (Å²) in [6.07, 6.45) is 0.378. The number of nitrogens with one attached hydrogen (secondary N) is 3. The number of hydrogen-bond acceptors (Lipinski definition) is 9. The smallest absolute Gasteiger partial charge is 0.326 e. The third-order valence-corrected chi connectivity index (χ3v) is 5.65. The van der Waals surface area contributed by atoms with Crippen molar-refractivity contribution in [3.8, 4) is 5.75 Å². The van der Waals surface area contributed by atoms with E-state index in [2.05, 4.69) is 16.0 Å². The summed E-state index contributed by atoms with van der Waals surface area (Å²) < 4.78 is 0. The highest BCUT2D eigenvalue weighted by atomic mass is 32.2. The van der Waals surface area contributed by atoms with Gasteiger partial charge in [-0.15, -0.1) is 0 Å². The molecule has 0 aromatic heterocycles. The van der Waals surface area contributed by atoms with Crippen LogP contribution in [0.5, 0.6) is 5.75 Å². The van der Waals surface area contributed by atoms with Gasteiger partial charge in [0.15, 0.2) is 0 Å². The zero-order valence-electron chi connectivity index (χ0n) is 20.0. The summed E-state index contributed by atoms with van der Waals surface area (Å²) in [5.74, 6) is -6.07. The molecule has 0 aliphatic rings. The number of carboxylic acids is 2. The van der Waals surface area contributed by atoms with Gasteiger partial charge in [0.2, 0.25) is 23.6 Å². The van der Waals surface area contributed by atoms with E-state index in [4.69, 9.17) is 16.6 Å². The predicted molar refractivity (Wildman–Crippen MR) is 132 cm³/mol. The minimum atomic E-state index is -1.72. The van der Waals surface area contributed by atoms with Crippen LogP contribution in [0.3, 0.4) is 0 Å². The lowest BCUT2D eigenvalue weighted by molar-refractivity contribution is -0.147. The van der Waals surface area contributed by atoms with Crippen LogP contribution in [-0.4, -0.2) is 87.1 Å². The number of carboxylic acid groups (broad SMARTS) is 2. The highest BCUT2D eigenvalue weighted by Gasteiger charge is 2.31. The van der Waals surface area contributed by atoms with Crippen molar-refractivity contribution in [1.29, 1.82) is 0 Å². The normalized spacial score (nSPS) is 13.9. The van der Waals surface area contributed by atoms with E-state index in [0.717, 1.165) is 0 Å². The molecule has 1 aromatic rings. The van der Waals surface area contributed by atoms with E-state index in [9.17, 15) is 39.0 Å². The Kier molecular flexibility index (Phi) is 12.9. The number of aliphatic carboxylic acids is 2. The van der Waals surface area contributed by atoms with Crippen LogP contribution < -0.4 is 27.4 Å². The van der Waals surface area contributed by atoms with Gasteiger partial charge in [-0.05, 0) is 36.1 Å². The van der Waals surface area contributed by atoms with E-state index in [1.54, 1.807) is 6.26 Å². The molecule has 0 fully saturated rings. The molecule has 0 aliphatic heterocycles. The predicted octanol–water partition coefficient (Wildman–Crippen LogP) is -2.10. The number of phenolic OH excluding ortho intramolecular Hbond substituents is 1. The lowest BCUT2D eigenvalue weighted by Crippen LogP contribution is -2.58. The zero-order valence-corrected chi connectivity index (χ0v) is 20.8. The van der Waals surface area contributed by atoms with Crippen molar-refractivity contribution < 1.29 is 44.1 Å². The number of aromatic hydroxyl groups is 1. The van der Waals surface area contributed by atoms with Crippen LogP contribution >= 0.6 is 11.8 Å². The van der Waals surface area contributed by atoms with Gasteiger partial charge in [-0.3, -0.25) is 24.0 Å². The number of benzene rings is 1. The zero-order chi connectivity index (χ0) is 28.1. The maximum atomic E-state index is 13.2. The van der Waals surface area contributed by atoms with Crippen LogP contribution in [0.25, 0.3) is 0 Å². The monoisotopic (exact) mass is 541 g/mol. The maximum Gasteiger partial charge on any atom is 0.326 e. The van der Waals surface area contributed by atoms with Gasteiger partial charge in [0.25, 0.3) is 0 Å². The van der Waals surface area contributed by atoms with Gasteiger partial charge in [0, 0.05) is 6.42 Å². The Labute approximate surface area is 216 Å². The van der Waals surface area contributed by atoms with E-state index in [1.165, 1.54) is 36.0 Å². The average molecular weight is 542 g/mol. The molecule has 0 saturated carbocycles. The number of hydrogen-bond donors (Lipinski definition) is 8. The molecule has 4 amide bonds. The number of carbonyl (C=O) groups excluding carboxylic acids is 4. The number of thioether (sulfide) groups is 1. The molecule has 0 radical (unpaired) electrons. The Hall–Kier alpha value is -3.85. The first-order valence-corrected chi connectivity index (χ1v) is 12.4. The maximum absolute atomic E-state index is 13.2. The van der Waals surface area contributed by atoms with E-state index in [-0.39, 0.29) is 18.6 Å². The largest absolute Gasteiger partial charge is 0.508 e. The first kappa shape index (κ1) is 31.2. The molecule has 1 aromatic carbocycles. The fourth-order valence-electron chi connectivity index (χ4n) is 3.09. The Morgan fingerprint density at radius 2 is 1.41 bits per heavy atom. The molecule has 204 valence electrons. The lowest BCUT2D eigenvalue weighted by atomic mass is 10.0. The molecule has 0 heterocycles. The first-order valence-electron chi connectivity index (χ1n) is 11.0. The summed E-state index contributed by atoms with van der Waals surface area (Å²) in [7, 11) is 0. The second kappa shape index (κ2) is 15.3. The number of amides is 4. The summed E-state index contributed by atoms with van der Waals surface area (Å²) in [5, 5.41) is 34.6. The van der Waals surface area contributed by atoms with Crippen LogP contribution in [-0.2, 0) is 35.2 Å². The molecule has 4 unspecified atom stereocenters. The van der Waals surface area contributed by atoms with E-state index >= 15 is 0 Å². The summed E-state index contributed by atoms with van der Waals surface area (Å²) in [5.41, 5.74) is 11.3. The molecule has 0 spiro atoms. The van der Waals surface area contributed by atoms with Gasteiger partial charge in [-0.2, -0.15) is 11.8 Å². The highest BCUT2D eigenvalue weighted by Crippen LogP contribution is 2.12. The van der Waals surface area contributed by atoms with Crippen molar-refractivity contribution in [1.82, 2.24) is 16.0 Å². The summed E-state index contributed by atoms with van der Waals surface area (Å²) in [6.45, 7) is 0. The minimum absolute atomic E-state index is 0.0274. The molecule has 10 N–H and O–H groups in total. The van der Waals surface area contributed by atoms with Crippen LogP contribution in [0.2, 0.25) is 0 Å². The number of rotatable bonds is 16. The van der Waals surface area contributed by atoms with Gasteiger partial charge in [-0.1, -0.05) is 12.1 Å². The first-order chi connectivity index (χ1) is 17.3. The average Bonchev–Trinajstić information content (AvgIpc) is 2.81. The fraction of sp³-hybridized carbons (Fsp3) is 0.455. The quantitative estimate of drug-likeness (QED) is 0.112. The van der Waals surface area contributed by atoms with Crippen molar-refractivity contribution in [2.45, 2.75) is 49.9 Å². The summed E-state index contributed by atoms with van der Waals surface area (Å²) in [6, 6.07) is 0.152. The molecule has 14 nitrogen and oxygen atoms in total. The SMILES string of the molecule is CSCCC(NC(=O)C(Cc1ccc(O)cc1)NC(=O)C(N)CC(N)=O)C(=O)NC(CC(=O)O)C(=O)O. The van der Waals surface area contributed by atoms with E-state index < -0.39 is 72.6 Å². The lowest BCUT2D eigenvalue weighted by Gasteiger charge is -2.25. The van der Waals surface area contributed by atoms with Crippen molar-refractivity contribution in [2.24, 2.45) is 11.5 Å². The summed E-state index contributed by atoms with van der Waals surface area (Å²) in [4.78, 5) is 71.8. The molecule has 15 heteroatoms. The minimum Gasteiger partial charge on any atom is -0.508 e. The summed E-state index contributed by atoms with van der Waals surface area (Å²) >= 11 is 1.35. The van der Waals surface area contributed by atoms with E-state index in [1.807, 2.05) is 0 Å². The molecule has 0 aliphatic carbocycles. The number of carbonyl (C=O) groups is 6. The highest BCUT2D eigenvalue weighted by molar-refractivity contribution is 7.98. The van der Waals surface area contributed by atoms with Crippen LogP contribution in [0.1, 0.15) is 24.8 Å². The van der Waals surface area contributed by atoms with Crippen molar-refractivity contribution >= 4 is 47.3 Å². The van der Waals surface area contributed by atoms with Crippen LogP contribution in [0.4, 0.5) is 0 Å². The Balaban J connectivity index is 3.13. The fourth-order valence-corrected chi connectivity index (χ4v) is 3.56. The third-order valence-electron chi connectivity index (χ3n) is 5.00. The van der Waals surface area contributed by atoms with Gasteiger partial charge < -0.3 is 42.7 Å². The standard InChI is InChI=1S/C22H31N5O9S/c1-37-7-6-14(20(33)27-16(22(35)36)10-18(30)31)25-21(34)15(8-11-2-4-12(28)5-3-11)26-19(32)13(23)9-17(24)29/h2-5,13-16,28H,6-10,23H2,1H3,(H2,24,29)(H,25,34)(H,26,32)(H,27,33)(H,30,31)(H,35,36).